The summed E-state index contributed by atoms with van der Waals surface area (Å²) in [6.07, 6.45) is 7.93. The van der Waals surface area contributed by atoms with Gasteiger partial charge >= 0.3 is 7.75 Å². The minimum Gasteiger partial charge on any atom is -0.312 e. The molecule has 0 amide bonds. The lowest BCUT2D eigenvalue weighted by Crippen LogP contribution is -2.54. The summed E-state index contributed by atoms with van der Waals surface area (Å²) in [5.74, 6) is 2.59. The van der Waals surface area contributed by atoms with Crippen LogP contribution in [0.2, 0.25) is 0 Å². The molecule has 2 atom stereocenters. The minimum atomic E-state index is -3.61. The van der Waals surface area contributed by atoms with Crippen molar-refractivity contribution in [1.82, 2.24) is 4.67 Å². The minimum absolute atomic E-state index is 0.122. The molecule has 110 valence electrons. The molecule has 4 saturated carbocycles. The fraction of sp³-hybridized carbons (Fsp3) is 1.00. The molecule has 0 aromatic carbocycles. The first kappa shape index (κ1) is 14.1. The SMILES string of the molecule is COP(=O)(O)N(C)C(C)C12CC3CC(CC(C3)C1)C2. The molecule has 1 N–H and O–H groups in total. The molecule has 19 heavy (non-hydrogen) atoms. The van der Waals surface area contributed by atoms with Crippen molar-refractivity contribution in [3.8, 4) is 0 Å². The molecule has 4 fully saturated rings. The first-order chi connectivity index (χ1) is 8.86. The lowest BCUT2D eigenvalue weighted by atomic mass is 9.48. The molecular formula is C14H26NO3P. The summed E-state index contributed by atoms with van der Waals surface area (Å²) in [5, 5.41) is 0. The van der Waals surface area contributed by atoms with Crippen LogP contribution in [0.25, 0.3) is 0 Å². The molecule has 4 aliphatic rings. The summed E-state index contributed by atoms with van der Waals surface area (Å²) in [5.41, 5.74) is 0.250. The van der Waals surface area contributed by atoms with Crippen molar-refractivity contribution < 1.29 is 14.0 Å². The number of hydrogen-bond acceptors (Lipinski definition) is 2. The quantitative estimate of drug-likeness (QED) is 0.806. The molecule has 0 spiro atoms. The van der Waals surface area contributed by atoms with Crippen molar-refractivity contribution >= 4 is 7.75 Å². The number of hydrogen-bond donors (Lipinski definition) is 1. The lowest BCUT2D eigenvalue weighted by molar-refractivity contribution is -0.0840. The zero-order valence-corrected chi connectivity index (χ0v) is 13.1. The maximum absolute atomic E-state index is 12.1. The van der Waals surface area contributed by atoms with Gasteiger partial charge in [0.15, 0.2) is 0 Å². The Hall–Kier alpha value is 0.110. The van der Waals surface area contributed by atoms with Crippen LogP contribution in [0.3, 0.4) is 0 Å². The average molecular weight is 287 g/mol. The Bertz CT molecular complexity index is 376. The largest absolute Gasteiger partial charge is 0.405 e. The number of rotatable bonds is 4. The molecule has 4 bridgehead atoms. The van der Waals surface area contributed by atoms with E-state index in [-0.39, 0.29) is 11.5 Å². The zero-order chi connectivity index (χ0) is 13.8. The summed E-state index contributed by atoms with van der Waals surface area (Å²) in [4.78, 5) is 9.92. The highest BCUT2D eigenvalue weighted by Crippen LogP contribution is 2.63. The normalized spacial score (nSPS) is 45.4. The second kappa shape index (κ2) is 4.56. The van der Waals surface area contributed by atoms with Crippen molar-refractivity contribution in [2.75, 3.05) is 14.2 Å². The van der Waals surface area contributed by atoms with Gasteiger partial charge in [-0.2, -0.15) is 0 Å². The van der Waals surface area contributed by atoms with Crippen LogP contribution < -0.4 is 0 Å². The van der Waals surface area contributed by atoms with E-state index in [0.717, 1.165) is 17.8 Å². The maximum Gasteiger partial charge on any atom is 0.405 e. The second-order valence-electron chi connectivity index (χ2n) is 7.20. The van der Waals surface area contributed by atoms with Gasteiger partial charge in [-0.3, -0.25) is 0 Å². The smallest absolute Gasteiger partial charge is 0.312 e. The molecule has 4 aliphatic carbocycles. The van der Waals surface area contributed by atoms with Gasteiger partial charge in [0, 0.05) is 13.2 Å². The van der Waals surface area contributed by atoms with Crippen LogP contribution in [0.15, 0.2) is 0 Å². The standard InChI is InChI=1S/C14H26NO3P/c1-10(15(2)19(16,17)18-3)14-7-11-4-12(8-14)6-13(5-11)9-14/h10-13H,4-9H2,1-3H3,(H,16,17). The highest BCUT2D eigenvalue weighted by atomic mass is 31.2. The van der Waals surface area contributed by atoms with Gasteiger partial charge in [-0.05, 0) is 75.7 Å². The van der Waals surface area contributed by atoms with Crippen molar-refractivity contribution in [2.45, 2.75) is 51.5 Å². The van der Waals surface area contributed by atoms with Crippen molar-refractivity contribution in [3.05, 3.63) is 0 Å². The Balaban J connectivity index is 1.83. The zero-order valence-electron chi connectivity index (χ0n) is 12.2. The van der Waals surface area contributed by atoms with Crippen LogP contribution in [0, 0.1) is 23.2 Å². The van der Waals surface area contributed by atoms with Crippen LogP contribution in [-0.4, -0.2) is 29.8 Å². The lowest BCUT2D eigenvalue weighted by Gasteiger charge is -2.60. The third-order valence-electron chi connectivity index (χ3n) is 6.17. The average Bonchev–Trinajstić information content (AvgIpc) is 2.35. The second-order valence-corrected chi connectivity index (χ2v) is 9.18. The van der Waals surface area contributed by atoms with Crippen molar-refractivity contribution in [3.63, 3.8) is 0 Å². The van der Waals surface area contributed by atoms with E-state index in [1.807, 2.05) is 0 Å². The molecule has 0 aromatic heterocycles. The van der Waals surface area contributed by atoms with Gasteiger partial charge < -0.3 is 9.42 Å². The fourth-order valence-electron chi connectivity index (χ4n) is 5.43. The fourth-order valence-corrected chi connectivity index (χ4v) is 6.37. The monoisotopic (exact) mass is 287 g/mol. The van der Waals surface area contributed by atoms with Crippen LogP contribution >= 0.6 is 7.75 Å². The van der Waals surface area contributed by atoms with Crippen LogP contribution in [-0.2, 0) is 9.09 Å². The van der Waals surface area contributed by atoms with Crippen molar-refractivity contribution in [2.24, 2.45) is 23.2 Å². The Kier molecular flexibility index (Phi) is 3.37. The Morgan fingerprint density at radius 1 is 1.21 bits per heavy atom. The van der Waals surface area contributed by atoms with Gasteiger partial charge in [0.05, 0.1) is 0 Å². The van der Waals surface area contributed by atoms with Crippen LogP contribution in [0.5, 0.6) is 0 Å². The summed E-state index contributed by atoms with van der Waals surface area (Å²) < 4.78 is 18.5. The molecule has 2 unspecified atom stereocenters. The highest BCUT2D eigenvalue weighted by molar-refractivity contribution is 7.50. The predicted octanol–water partition coefficient (Wildman–Crippen LogP) is 3.27. The van der Waals surface area contributed by atoms with E-state index >= 15 is 0 Å². The van der Waals surface area contributed by atoms with Gasteiger partial charge in [-0.25, -0.2) is 9.24 Å². The summed E-state index contributed by atoms with van der Waals surface area (Å²) in [6.45, 7) is 2.12. The first-order valence-corrected chi connectivity index (χ1v) is 9.01. The van der Waals surface area contributed by atoms with Crippen LogP contribution in [0.1, 0.15) is 45.4 Å². The summed E-state index contributed by atoms with van der Waals surface area (Å²) >= 11 is 0. The molecule has 0 aromatic rings. The molecule has 4 rings (SSSR count). The van der Waals surface area contributed by atoms with E-state index in [1.54, 1.807) is 11.7 Å². The van der Waals surface area contributed by atoms with Gasteiger partial charge in [0.1, 0.15) is 0 Å². The number of nitrogens with zero attached hydrogens (tertiary/aromatic N) is 1. The molecular weight excluding hydrogens is 261 g/mol. The first-order valence-electron chi connectivity index (χ1n) is 7.48. The molecule has 0 heterocycles. The molecule has 0 aliphatic heterocycles. The Morgan fingerprint density at radius 2 is 1.63 bits per heavy atom. The van der Waals surface area contributed by atoms with E-state index in [0.29, 0.717) is 0 Å². The van der Waals surface area contributed by atoms with Gasteiger partial charge in [0.2, 0.25) is 0 Å². The van der Waals surface area contributed by atoms with Gasteiger partial charge in [0.25, 0.3) is 0 Å². The van der Waals surface area contributed by atoms with E-state index in [4.69, 9.17) is 4.52 Å². The third kappa shape index (κ3) is 2.21. The molecule has 4 nitrogen and oxygen atoms in total. The van der Waals surface area contributed by atoms with E-state index in [2.05, 4.69) is 6.92 Å². The van der Waals surface area contributed by atoms with E-state index < -0.39 is 7.75 Å². The van der Waals surface area contributed by atoms with Gasteiger partial charge in [-0.1, -0.05) is 0 Å². The topological polar surface area (TPSA) is 49.8 Å². The Labute approximate surface area is 116 Å². The third-order valence-corrected chi connectivity index (χ3v) is 7.79. The molecule has 5 heteroatoms. The van der Waals surface area contributed by atoms with Gasteiger partial charge in [-0.15, -0.1) is 0 Å². The molecule has 0 radical (unpaired) electrons. The van der Waals surface area contributed by atoms with E-state index in [1.165, 1.54) is 45.6 Å². The Morgan fingerprint density at radius 3 is 2.00 bits per heavy atom. The maximum atomic E-state index is 12.1. The van der Waals surface area contributed by atoms with Crippen LogP contribution in [0.4, 0.5) is 0 Å². The van der Waals surface area contributed by atoms with Crippen molar-refractivity contribution in [1.29, 1.82) is 0 Å². The summed E-state index contributed by atoms with van der Waals surface area (Å²) in [7, 11) is -0.544. The highest BCUT2D eigenvalue weighted by Gasteiger charge is 2.55. The summed E-state index contributed by atoms with van der Waals surface area (Å²) in [6, 6.07) is 0.122. The molecule has 0 saturated heterocycles. The predicted molar refractivity (Wildman–Crippen MR) is 74.7 cm³/mol. The van der Waals surface area contributed by atoms with E-state index in [9.17, 15) is 9.46 Å².